The zero-order chi connectivity index (χ0) is 11.0. The molecule has 2 heterocycles. The predicted octanol–water partition coefficient (Wildman–Crippen LogP) is 0.736. The SMILES string of the molecule is O=C1CC(NC2=NC3CCCC3CS2)CN1. The Kier molecular flexibility index (Phi) is 2.79. The van der Waals surface area contributed by atoms with E-state index < -0.39 is 0 Å². The van der Waals surface area contributed by atoms with Gasteiger partial charge in [0.05, 0.1) is 12.1 Å². The normalized spacial score (nSPS) is 37.9. The lowest BCUT2D eigenvalue weighted by atomic mass is 10.1. The minimum absolute atomic E-state index is 0.151. The van der Waals surface area contributed by atoms with Gasteiger partial charge in [-0.05, 0) is 18.8 Å². The van der Waals surface area contributed by atoms with Gasteiger partial charge in [0.25, 0.3) is 0 Å². The van der Waals surface area contributed by atoms with E-state index in [0.717, 1.165) is 17.6 Å². The number of aliphatic imine (C=N–C) groups is 1. The summed E-state index contributed by atoms with van der Waals surface area (Å²) < 4.78 is 0. The quantitative estimate of drug-likeness (QED) is 0.709. The minimum atomic E-state index is 0.151. The van der Waals surface area contributed by atoms with Crippen LogP contribution in [0.1, 0.15) is 25.7 Å². The summed E-state index contributed by atoms with van der Waals surface area (Å²) in [6.45, 7) is 0.743. The number of thioether (sulfide) groups is 1. The van der Waals surface area contributed by atoms with Crippen LogP contribution < -0.4 is 10.6 Å². The Morgan fingerprint density at radius 2 is 2.38 bits per heavy atom. The first kappa shape index (κ1) is 10.4. The fourth-order valence-electron chi connectivity index (χ4n) is 2.72. The van der Waals surface area contributed by atoms with Crippen molar-refractivity contribution in [1.29, 1.82) is 0 Å². The zero-order valence-electron chi connectivity index (χ0n) is 9.24. The highest BCUT2D eigenvalue weighted by atomic mass is 32.2. The molecule has 2 fully saturated rings. The molecule has 5 heteroatoms. The van der Waals surface area contributed by atoms with E-state index in [1.807, 2.05) is 11.8 Å². The second kappa shape index (κ2) is 4.28. The summed E-state index contributed by atoms with van der Waals surface area (Å²) in [5.74, 6) is 2.15. The molecule has 1 saturated heterocycles. The van der Waals surface area contributed by atoms with Gasteiger partial charge in [0.2, 0.25) is 5.91 Å². The second-order valence-corrected chi connectivity index (χ2v) is 5.86. The molecule has 0 spiro atoms. The van der Waals surface area contributed by atoms with Gasteiger partial charge in [-0.3, -0.25) is 9.79 Å². The number of carbonyl (C=O) groups excluding carboxylic acids is 1. The summed E-state index contributed by atoms with van der Waals surface area (Å²) in [5, 5.41) is 7.29. The lowest BCUT2D eigenvalue weighted by molar-refractivity contribution is -0.119. The maximum absolute atomic E-state index is 11.1. The number of amides is 1. The standard InChI is InChI=1S/C11H17N3OS/c15-10-4-8(5-12-10)13-11-14-9-3-1-2-7(9)6-16-11/h7-9H,1-6H2,(H,12,15)(H,13,14). The van der Waals surface area contributed by atoms with E-state index >= 15 is 0 Å². The third kappa shape index (κ3) is 2.05. The molecule has 3 rings (SSSR count). The molecular weight excluding hydrogens is 222 g/mol. The fraction of sp³-hybridized carbons (Fsp3) is 0.818. The monoisotopic (exact) mass is 239 g/mol. The van der Waals surface area contributed by atoms with Gasteiger partial charge in [0.15, 0.2) is 5.17 Å². The Labute approximate surface area is 99.7 Å². The fourth-order valence-corrected chi connectivity index (χ4v) is 3.94. The summed E-state index contributed by atoms with van der Waals surface area (Å²) in [6, 6.07) is 0.797. The molecule has 2 aliphatic heterocycles. The molecule has 0 aromatic carbocycles. The summed E-state index contributed by atoms with van der Waals surface area (Å²) in [6.07, 6.45) is 4.51. The molecule has 2 N–H and O–H groups in total. The Morgan fingerprint density at radius 3 is 3.19 bits per heavy atom. The lowest BCUT2D eigenvalue weighted by Crippen LogP contribution is -2.38. The van der Waals surface area contributed by atoms with Gasteiger partial charge in [-0.2, -0.15) is 0 Å². The summed E-state index contributed by atoms with van der Waals surface area (Å²) in [4.78, 5) is 15.8. The van der Waals surface area contributed by atoms with Crippen LogP contribution in [0.3, 0.4) is 0 Å². The van der Waals surface area contributed by atoms with Crippen LogP contribution in [0.5, 0.6) is 0 Å². The molecule has 3 unspecified atom stereocenters. The van der Waals surface area contributed by atoms with Gasteiger partial charge in [0.1, 0.15) is 0 Å². The minimum Gasteiger partial charge on any atom is -0.360 e. The summed E-state index contributed by atoms with van der Waals surface area (Å²) in [7, 11) is 0. The molecule has 88 valence electrons. The molecule has 3 aliphatic rings. The Morgan fingerprint density at radius 1 is 1.44 bits per heavy atom. The van der Waals surface area contributed by atoms with E-state index in [4.69, 9.17) is 4.99 Å². The highest BCUT2D eigenvalue weighted by Gasteiger charge is 2.32. The lowest BCUT2D eigenvalue weighted by Gasteiger charge is -2.24. The van der Waals surface area contributed by atoms with E-state index in [2.05, 4.69) is 10.6 Å². The van der Waals surface area contributed by atoms with Gasteiger partial charge in [-0.15, -0.1) is 0 Å². The van der Waals surface area contributed by atoms with Gasteiger partial charge in [0, 0.05) is 18.7 Å². The average Bonchev–Trinajstić information content (AvgIpc) is 2.87. The molecule has 1 aliphatic carbocycles. The van der Waals surface area contributed by atoms with Crippen LogP contribution >= 0.6 is 11.8 Å². The third-order valence-corrected chi connectivity index (χ3v) is 4.73. The van der Waals surface area contributed by atoms with Gasteiger partial charge < -0.3 is 10.6 Å². The molecule has 0 aromatic heterocycles. The highest BCUT2D eigenvalue weighted by Crippen LogP contribution is 2.35. The molecule has 0 aromatic rings. The van der Waals surface area contributed by atoms with E-state index in [0.29, 0.717) is 12.5 Å². The van der Waals surface area contributed by atoms with E-state index in [1.54, 1.807) is 0 Å². The first-order valence-electron chi connectivity index (χ1n) is 6.05. The number of nitrogens with zero attached hydrogens (tertiary/aromatic N) is 1. The summed E-state index contributed by atoms with van der Waals surface area (Å²) >= 11 is 1.83. The van der Waals surface area contributed by atoms with Crippen LogP contribution in [0.2, 0.25) is 0 Å². The number of rotatable bonds is 1. The predicted molar refractivity (Wildman–Crippen MR) is 65.6 cm³/mol. The Bertz CT molecular complexity index is 331. The van der Waals surface area contributed by atoms with Crippen molar-refractivity contribution >= 4 is 22.8 Å². The number of hydrogen-bond donors (Lipinski definition) is 2. The topological polar surface area (TPSA) is 53.5 Å². The van der Waals surface area contributed by atoms with Crippen LogP contribution in [0.25, 0.3) is 0 Å². The van der Waals surface area contributed by atoms with E-state index in [1.165, 1.54) is 25.0 Å². The van der Waals surface area contributed by atoms with Crippen LogP contribution in [-0.2, 0) is 4.79 Å². The van der Waals surface area contributed by atoms with Crippen LogP contribution in [0.15, 0.2) is 4.99 Å². The smallest absolute Gasteiger partial charge is 0.222 e. The van der Waals surface area contributed by atoms with E-state index in [-0.39, 0.29) is 11.9 Å². The number of nitrogens with one attached hydrogen (secondary N) is 2. The summed E-state index contributed by atoms with van der Waals surface area (Å²) in [5.41, 5.74) is 0. The zero-order valence-corrected chi connectivity index (χ0v) is 10.1. The second-order valence-electron chi connectivity index (χ2n) is 4.85. The van der Waals surface area contributed by atoms with E-state index in [9.17, 15) is 4.79 Å². The van der Waals surface area contributed by atoms with Crippen LogP contribution in [0.4, 0.5) is 0 Å². The van der Waals surface area contributed by atoms with Crippen molar-refractivity contribution < 1.29 is 4.79 Å². The van der Waals surface area contributed by atoms with Crippen molar-refractivity contribution in [2.45, 2.75) is 37.8 Å². The van der Waals surface area contributed by atoms with Crippen molar-refractivity contribution in [2.24, 2.45) is 10.9 Å². The van der Waals surface area contributed by atoms with Gasteiger partial charge in [-0.25, -0.2) is 0 Å². The number of amidine groups is 1. The average molecular weight is 239 g/mol. The van der Waals surface area contributed by atoms with Crippen LogP contribution in [0, 0.1) is 5.92 Å². The molecule has 3 atom stereocenters. The molecule has 1 saturated carbocycles. The third-order valence-electron chi connectivity index (χ3n) is 3.64. The number of fused-ring (bicyclic) bond motifs is 1. The Hall–Kier alpha value is -0.710. The van der Waals surface area contributed by atoms with Gasteiger partial charge >= 0.3 is 0 Å². The largest absolute Gasteiger partial charge is 0.360 e. The van der Waals surface area contributed by atoms with Crippen molar-refractivity contribution in [3.63, 3.8) is 0 Å². The first-order chi connectivity index (χ1) is 7.81. The molecule has 16 heavy (non-hydrogen) atoms. The van der Waals surface area contributed by atoms with Crippen molar-refractivity contribution in [3.05, 3.63) is 0 Å². The maximum Gasteiger partial charge on any atom is 0.222 e. The van der Waals surface area contributed by atoms with Crippen molar-refractivity contribution in [2.75, 3.05) is 12.3 Å². The van der Waals surface area contributed by atoms with Crippen LogP contribution in [-0.4, -0.2) is 35.5 Å². The van der Waals surface area contributed by atoms with Crippen molar-refractivity contribution in [1.82, 2.24) is 10.6 Å². The number of hydrogen-bond acceptors (Lipinski definition) is 4. The molecule has 1 amide bonds. The van der Waals surface area contributed by atoms with Gasteiger partial charge in [-0.1, -0.05) is 18.2 Å². The molecule has 4 nitrogen and oxygen atoms in total. The molecular formula is C11H17N3OS. The Balaban J connectivity index is 1.60. The maximum atomic E-state index is 11.1. The highest BCUT2D eigenvalue weighted by molar-refractivity contribution is 8.13. The number of carbonyl (C=O) groups is 1. The first-order valence-corrected chi connectivity index (χ1v) is 7.03. The van der Waals surface area contributed by atoms with Crippen molar-refractivity contribution in [3.8, 4) is 0 Å². The molecule has 0 bridgehead atoms. The molecule has 0 radical (unpaired) electrons.